The maximum Gasteiger partial charge on any atom is 0.336 e. The van der Waals surface area contributed by atoms with Crippen molar-refractivity contribution in [2.45, 2.75) is 13.1 Å². The summed E-state index contributed by atoms with van der Waals surface area (Å²) in [5, 5.41) is 3.07. The summed E-state index contributed by atoms with van der Waals surface area (Å²) in [7, 11) is 3.25. The minimum absolute atomic E-state index is 0.347. The minimum atomic E-state index is -0.347. The number of quaternary nitrogens is 1. The summed E-state index contributed by atoms with van der Waals surface area (Å²) in [6.45, 7) is 1.49. The number of rotatable bonds is 6. The van der Waals surface area contributed by atoms with E-state index < -0.39 is 0 Å². The molecule has 0 aliphatic heterocycles. The van der Waals surface area contributed by atoms with E-state index >= 15 is 0 Å². The third-order valence-corrected chi connectivity index (χ3v) is 3.92. The Labute approximate surface area is 139 Å². The fourth-order valence-electron chi connectivity index (χ4n) is 2.70. The van der Waals surface area contributed by atoms with E-state index in [2.05, 4.69) is 11.4 Å². The number of ether oxygens (including phenoxy) is 2. The highest BCUT2D eigenvalue weighted by molar-refractivity contribution is 5.81. The topological polar surface area (TPSA) is 65.3 Å². The predicted octanol–water partition coefficient (Wildman–Crippen LogP) is 2.07. The summed E-state index contributed by atoms with van der Waals surface area (Å²) in [5.41, 5.74) is 2.32. The molecule has 0 bridgehead atoms. The van der Waals surface area contributed by atoms with Crippen LogP contribution in [0.2, 0.25) is 0 Å². The molecular weight excluding hydrogens is 306 g/mol. The van der Waals surface area contributed by atoms with E-state index in [1.54, 1.807) is 26.4 Å². The molecule has 0 radical (unpaired) electrons. The molecule has 0 aliphatic carbocycles. The van der Waals surface area contributed by atoms with Crippen LogP contribution in [0, 0.1) is 0 Å². The highest BCUT2D eigenvalue weighted by atomic mass is 16.5. The molecule has 0 fully saturated rings. The van der Waals surface area contributed by atoms with E-state index in [0.29, 0.717) is 17.9 Å². The maximum atomic E-state index is 11.8. The SMILES string of the molecule is COc1cccc(C[NH2+]Cc2cc(=O)oc3cc(OC)ccc23)c1. The first-order valence-corrected chi connectivity index (χ1v) is 7.75. The van der Waals surface area contributed by atoms with Gasteiger partial charge in [0.2, 0.25) is 0 Å². The van der Waals surface area contributed by atoms with Crippen molar-refractivity contribution in [1.29, 1.82) is 0 Å². The normalized spacial score (nSPS) is 10.8. The Kier molecular flexibility index (Phi) is 4.82. The summed E-state index contributed by atoms with van der Waals surface area (Å²) in [4.78, 5) is 11.8. The Morgan fingerprint density at radius 3 is 2.54 bits per heavy atom. The number of nitrogens with two attached hydrogens (primary N) is 1. The van der Waals surface area contributed by atoms with E-state index in [-0.39, 0.29) is 5.63 Å². The van der Waals surface area contributed by atoms with E-state index in [4.69, 9.17) is 13.9 Å². The third-order valence-electron chi connectivity index (χ3n) is 3.92. The molecule has 5 nitrogen and oxygen atoms in total. The van der Waals surface area contributed by atoms with Crippen molar-refractivity contribution in [3.05, 3.63) is 70.1 Å². The molecule has 3 aromatic rings. The summed E-state index contributed by atoms with van der Waals surface area (Å²) < 4.78 is 15.7. The van der Waals surface area contributed by atoms with Gasteiger partial charge in [0.05, 0.1) is 14.2 Å². The van der Waals surface area contributed by atoms with Crippen LogP contribution in [0.5, 0.6) is 11.5 Å². The van der Waals surface area contributed by atoms with Crippen molar-refractivity contribution < 1.29 is 19.2 Å². The Bertz CT molecular complexity index is 901. The third kappa shape index (κ3) is 3.58. The van der Waals surface area contributed by atoms with Crippen LogP contribution < -0.4 is 20.4 Å². The first kappa shape index (κ1) is 16.1. The Morgan fingerprint density at radius 2 is 1.75 bits per heavy atom. The van der Waals surface area contributed by atoms with Crippen LogP contribution in [-0.2, 0) is 13.1 Å². The van der Waals surface area contributed by atoms with Crippen LogP contribution in [0.4, 0.5) is 0 Å². The quantitative estimate of drug-likeness (QED) is 0.704. The van der Waals surface area contributed by atoms with Crippen LogP contribution in [0.1, 0.15) is 11.1 Å². The largest absolute Gasteiger partial charge is 0.497 e. The van der Waals surface area contributed by atoms with E-state index in [1.165, 1.54) is 5.56 Å². The first-order chi connectivity index (χ1) is 11.7. The Balaban J connectivity index is 1.78. The zero-order valence-electron chi connectivity index (χ0n) is 13.7. The van der Waals surface area contributed by atoms with Crippen molar-refractivity contribution in [3.63, 3.8) is 0 Å². The fourth-order valence-corrected chi connectivity index (χ4v) is 2.70. The second-order valence-corrected chi connectivity index (χ2v) is 5.50. The number of hydrogen-bond acceptors (Lipinski definition) is 4. The number of methoxy groups -OCH3 is 2. The molecule has 1 aromatic heterocycles. The van der Waals surface area contributed by atoms with Crippen molar-refractivity contribution in [2.75, 3.05) is 14.2 Å². The number of fused-ring (bicyclic) bond motifs is 1. The molecule has 0 amide bonds. The molecule has 2 N–H and O–H groups in total. The van der Waals surface area contributed by atoms with Crippen LogP contribution in [0.15, 0.2) is 57.7 Å². The fraction of sp³-hybridized carbons (Fsp3) is 0.211. The molecule has 5 heteroatoms. The molecule has 124 valence electrons. The number of hydrogen-bond donors (Lipinski definition) is 1. The second kappa shape index (κ2) is 7.19. The average Bonchev–Trinajstić information content (AvgIpc) is 2.61. The lowest BCUT2D eigenvalue weighted by Gasteiger charge is -2.07. The molecule has 0 atom stereocenters. The van der Waals surface area contributed by atoms with E-state index in [0.717, 1.165) is 23.2 Å². The molecule has 3 rings (SSSR count). The second-order valence-electron chi connectivity index (χ2n) is 5.50. The zero-order valence-corrected chi connectivity index (χ0v) is 13.7. The smallest absolute Gasteiger partial charge is 0.336 e. The molecule has 0 saturated carbocycles. The van der Waals surface area contributed by atoms with Gasteiger partial charge in [0.25, 0.3) is 0 Å². The molecule has 24 heavy (non-hydrogen) atoms. The minimum Gasteiger partial charge on any atom is -0.497 e. The van der Waals surface area contributed by atoms with E-state index in [1.807, 2.05) is 30.3 Å². The van der Waals surface area contributed by atoms with Gasteiger partial charge in [0.15, 0.2) is 0 Å². The molecular formula is C19H20NO4+. The summed E-state index contributed by atoms with van der Waals surface area (Å²) >= 11 is 0. The lowest BCUT2D eigenvalue weighted by atomic mass is 10.1. The van der Waals surface area contributed by atoms with Gasteiger partial charge < -0.3 is 19.2 Å². The average molecular weight is 326 g/mol. The van der Waals surface area contributed by atoms with Crippen molar-refractivity contribution in [3.8, 4) is 11.5 Å². The van der Waals surface area contributed by atoms with Crippen LogP contribution in [0.25, 0.3) is 11.0 Å². The van der Waals surface area contributed by atoms with Crippen molar-refractivity contribution in [1.82, 2.24) is 0 Å². The van der Waals surface area contributed by atoms with Gasteiger partial charge in [0, 0.05) is 28.6 Å². The number of benzene rings is 2. The maximum absolute atomic E-state index is 11.8. The van der Waals surface area contributed by atoms with Gasteiger partial charge in [-0.05, 0) is 24.3 Å². The Morgan fingerprint density at radius 1 is 0.958 bits per heavy atom. The predicted molar refractivity (Wildman–Crippen MR) is 91.4 cm³/mol. The van der Waals surface area contributed by atoms with Gasteiger partial charge in [-0.15, -0.1) is 0 Å². The van der Waals surface area contributed by atoms with Gasteiger partial charge in [0.1, 0.15) is 30.2 Å². The standard InChI is InChI=1S/C19H19NO4/c1-22-15-5-3-4-13(8-15)11-20-12-14-9-19(21)24-18-10-16(23-2)6-7-17(14)18/h3-10,20H,11-12H2,1-2H3/p+1. The van der Waals surface area contributed by atoms with Gasteiger partial charge in [-0.1, -0.05) is 12.1 Å². The molecule has 0 spiro atoms. The highest BCUT2D eigenvalue weighted by Gasteiger charge is 2.08. The van der Waals surface area contributed by atoms with Crippen molar-refractivity contribution in [2.24, 2.45) is 0 Å². The van der Waals surface area contributed by atoms with Gasteiger partial charge in [-0.25, -0.2) is 4.79 Å². The van der Waals surface area contributed by atoms with Gasteiger partial charge in [-0.3, -0.25) is 0 Å². The zero-order chi connectivity index (χ0) is 16.9. The molecule has 0 unspecified atom stereocenters. The molecule has 0 aliphatic rings. The van der Waals surface area contributed by atoms with Crippen LogP contribution in [-0.4, -0.2) is 14.2 Å². The monoisotopic (exact) mass is 326 g/mol. The summed E-state index contributed by atoms with van der Waals surface area (Å²) in [6, 6.07) is 15.0. The molecule has 2 aromatic carbocycles. The van der Waals surface area contributed by atoms with Crippen LogP contribution >= 0.6 is 0 Å². The lowest BCUT2D eigenvalue weighted by Crippen LogP contribution is -2.80. The van der Waals surface area contributed by atoms with Gasteiger partial charge in [-0.2, -0.15) is 0 Å². The molecule has 0 saturated heterocycles. The molecule has 1 heterocycles. The van der Waals surface area contributed by atoms with Crippen LogP contribution in [0.3, 0.4) is 0 Å². The summed E-state index contributed by atoms with van der Waals surface area (Å²) in [5.74, 6) is 1.52. The van der Waals surface area contributed by atoms with Crippen molar-refractivity contribution >= 4 is 11.0 Å². The van der Waals surface area contributed by atoms with E-state index in [9.17, 15) is 4.79 Å². The summed E-state index contributed by atoms with van der Waals surface area (Å²) in [6.07, 6.45) is 0. The lowest BCUT2D eigenvalue weighted by molar-refractivity contribution is -0.686. The highest BCUT2D eigenvalue weighted by Crippen LogP contribution is 2.22. The van der Waals surface area contributed by atoms with Gasteiger partial charge >= 0.3 is 5.63 Å². The Hall–Kier alpha value is -2.79. The first-order valence-electron chi connectivity index (χ1n) is 7.75.